The van der Waals surface area contributed by atoms with Crippen LogP contribution in [0.15, 0.2) is 18.7 Å². The maximum atomic E-state index is 10.9. The number of anilines is 1. The lowest BCUT2D eigenvalue weighted by atomic mass is 10.1. The van der Waals surface area contributed by atoms with Crippen LogP contribution in [-0.2, 0) is 0 Å². The van der Waals surface area contributed by atoms with Crippen LogP contribution in [0.1, 0.15) is 15.9 Å². The Morgan fingerprint density at radius 1 is 1.60 bits per heavy atom. The van der Waals surface area contributed by atoms with Gasteiger partial charge in [-0.15, -0.1) is 0 Å². The molecule has 0 saturated heterocycles. The van der Waals surface area contributed by atoms with Crippen LogP contribution in [0.5, 0.6) is 5.75 Å². The lowest BCUT2D eigenvalue weighted by molar-refractivity contribution is 0.0693. The van der Waals surface area contributed by atoms with E-state index < -0.39 is 5.97 Å². The molecule has 0 aromatic heterocycles. The molecule has 1 rings (SSSR count). The van der Waals surface area contributed by atoms with Gasteiger partial charge in [-0.1, -0.05) is 12.7 Å². The van der Waals surface area contributed by atoms with Gasteiger partial charge in [0.1, 0.15) is 11.3 Å². The predicted molar refractivity (Wildman–Crippen MR) is 59.6 cm³/mol. The van der Waals surface area contributed by atoms with Crippen LogP contribution in [0.25, 0.3) is 6.08 Å². The summed E-state index contributed by atoms with van der Waals surface area (Å²) in [7, 11) is 3.19. The third-order valence-corrected chi connectivity index (χ3v) is 2.09. The molecule has 0 aliphatic carbocycles. The Morgan fingerprint density at radius 2 is 2.27 bits per heavy atom. The van der Waals surface area contributed by atoms with Gasteiger partial charge in [0.25, 0.3) is 0 Å². The molecule has 0 radical (unpaired) electrons. The highest BCUT2D eigenvalue weighted by atomic mass is 16.5. The topological polar surface area (TPSA) is 58.6 Å². The first-order chi connectivity index (χ1) is 7.13. The zero-order valence-corrected chi connectivity index (χ0v) is 8.70. The minimum atomic E-state index is -1.02. The molecule has 0 bridgehead atoms. The van der Waals surface area contributed by atoms with Gasteiger partial charge < -0.3 is 15.2 Å². The van der Waals surface area contributed by atoms with E-state index in [1.165, 1.54) is 13.2 Å². The molecular formula is C11H13NO3. The molecule has 0 saturated carbocycles. The maximum Gasteiger partial charge on any atom is 0.339 e. The van der Waals surface area contributed by atoms with Crippen LogP contribution in [-0.4, -0.2) is 25.2 Å². The third kappa shape index (κ3) is 2.10. The highest BCUT2D eigenvalue weighted by molar-refractivity contribution is 5.93. The molecule has 1 aromatic carbocycles. The van der Waals surface area contributed by atoms with Crippen molar-refractivity contribution in [2.75, 3.05) is 19.5 Å². The average Bonchev–Trinajstić information content (AvgIpc) is 2.26. The lowest BCUT2D eigenvalue weighted by Gasteiger charge is -2.11. The van der Waals surface area contributed by atoms with Crippen LogP contribution in [0, 0.1) is 0 Å². The SMILES string of the molecule is C=Cc1cc(C(=O)O)c(OC)cc1NC. The van der Waals surface area contributed by atoms with Gasteiger partial charge >= 0.3 is 5.97 Å². The first-order valence-electron chi connectivity index (χ1n) is 4.39. The van der Waals surface area contributed by atoms with Gasteiger partial charge in [-0.2, -0.15) is 0 Å². The number of rotatable bonds is 4. The van der Waals surface area contributed by atoms with Crippen molar-refractivity contribution >= 4 is 17.7 Å². The van der Waals surface area contributed by atoms with Gasteiger partial charge in [0.05, 0.1) is 7.11 Å². The lowest BCUT2D eigenvalue weighted by Crippen LogP contribution is -2.03. The predicted octanol–water partition coefficient (Wildman–Crippen LogP) is 2.08. The van der Waals surface area contributed by atoms with E-state index in [0.717, 1.165) is 11.3 Å². The van der Waals surface area contributed by atoms with Gasteiger partial charge in [-0.25, -0.2) is 4.79 Å². The van der Waals surface area contributed by atoms with E-state index >= 15 is 0 Å². The summed E-state index contributed by atoms with van der Waals surface area (Å²) >= 11 is 0. The molecule has 80 valence electrons. The van der Waals surface area contributed by atoms with Crippen molar-refractivity contribution in [3.8, 4) is 5.75 Å². The number of benzene rings is 1. The van der Waals surface area contributed by atoms with E-state index in [0.29, 0.717) is 5.75 Å². The molecule has 0 aliphatic rings. The Morgan fingerprint density at radius 3 is 2.67 bits per heavy atom. The number of hydrogen-bond donors (Lipinski definition) is 2. The van der Waals surface area contributed by atoms with Crippen molar-refractivity contribution in [2.45, 2.75) is 0 Å². The number of ether oxygens (including phenoxy) is 1. The van der Waals surface area contributed by atoms with Crippen molar-refractivity contribution in [1.29, 1.82) is 0 Å². The van der Waals surface area contributed by atoms with E-state index in [-0.39, 0.29) is 5.56 Å². The monoisotopic (exact) mass is 207 g/mol. The minimum Gasteiger partial charge on any atom is -0.496 e. The zero-order valence-electron chi connectivity index (χ0n) is 8.70. The fourth-order valence-electron chi connectivity index (χ4n) is 1.32. The van der Waals surface area contributed by atoms with E-state index in [9.17, 15) is 4.79 Å². The van der Waals surface area contributed by atoms with Gasteiger partial charge in [0, 0.05) is 18.8 Å². The van der Waals surface area contributed by atoms with E-state index in [4.69, 9.17) is 9.84 Å². The third-order valence-electron chi connectivity index (χ3n) is 2.09. The molecule has 15 heavy (non-hydrogen) atoms. The van der Waals surface area contributed by atoms with Gasteiger partial charge in [0.2, 0.25) is 0 Å². The van der Waals surface area contributed by atoms with Gasteiger partial charge in [0.15, 0.2) is 0 Å². The summed E-state index contributed by atoms with van der Waals surface area (Å²) in [6.07, 6.45) is 1.59. The molecule has 0 unspecified atom stereocenters. The number of carbonyl (C=O) groups is 1. The zero-order chi connectivity index (χ0) is 11.4. The smallest absolute Gasteiger partial charge is 0.339 e. The highest BCUT2D eigenvalue weighted by Crippen LogP contribution is 2.27. The quantitative estimate of drug-likeness (QED) is 0.793. The first-order valence-corrected chi connectivity index (χ1v) is 4.39. The van der Waals surface area contributed by atoms with Crippen LogP contribution < -0.4 is 10.1 Å². The Kier molecular flexibility index (Phi) is 3.33. The normalized spacial score (nSPS) is 9.47. The number of aromatic carboxylic acids is 1. The molecule has 4 heteroatoms. The molecule has 0 fully saturated rings. The molecule has 0 amide bonds. The summed E-state index contributed by atoms with van der Waals surface area (Å²) in [4.78, 5) is 10.9. The van der Waals surface area contributed by atoms with E-state index in [1.54, 1.807) is 19.2 Å². The van der Waals surface area contributed by atoms with E-state index in [1.807, 2.05) is 0 Å². The molecule has 1 aromatic rings. The fourth-order valence-corrected chi connectivity index (χ4v) is 1.32. The molecule has 0 heterocycles. The van der Waals surface area contributed by atoms with Gasteiger partial charge in [-0.05, 0) is 11.6 Å². The van der Waals surface area contributed by atoms with Crippen LogP contribution >= 0.6 is 0 Å². The number of carboxylic acids is 1. The second-order valence-electron chi connectivity index (χ2n) is 2.90. The minimum absolute atomic E-state index is 0.131. The van der Waals surface area contributed by atoms with Crippen molar-refractivity contribution in [1.82, 2.24) is 0 Å². The van der Waals surface area contributed by atoms with Crippen molar-refractivity contribution in [3.05, 3.63) is 29.8 Å². The summed E-state index contributed by atoms with van der Waals surface area (Å²) < 4.78 is 4.99. The Bertz CT molecular complexity index is 399. The largest absolute Gasteiger partial charge is 0.496 e. The van der Waals surface area contributed by atoms with Crippen molar-refractivity contribution in [2.24, 2.45) is 0 Å². The maximum absolute atomic E-state index is 10.9. The summed E-state index contributed by atoms with van der Waals surface area (Å²) in [5.74, 6) is -0.685. The summed E-state index contributed by atoms with van der Waals surface area (Å²) in [6.45, 7) is 3.62. The molecular weight excluding hydrogens is 194 g/mol. The number of carboxylic acid groups (broad SMARTS) is 1. The van der Waals surface area contributed by atoms with Crippen molar-refractivity contribution in [3.63, 3.8) is 0 Å². The van der Waals surface area contributed by atoms with E-state index in [2.05, 4.69) is 11.9 Å². The molecule has 4 nitrogen and oxygen atoms in total. The highest BCUT2D eigenvalue weighted by Gasteiger charge is 2.13. The number of nitrogens with one attached hydrogen (secondary N) is 1. The summed E-state index contributed by atoms with van der Waals surface area (Å²) in [5.41, 5.74) is 1.65. The molecule has 0 aliphatic heterocycles. The Balaban J connectivity index is 3.40. The van der Waals surface area contributed by atoms with Crippen LogP contribution in [0.4, 0.5) is 5.69 Å². The summed E-state index contributed by atoms with van der Waals surface area (Å²) in [6, 6.07) is 3.17. The Hall–Kier alpha value is -1.97. The Labute approximate surface area is 88.2 Å². The van der Waals surface area contributed by atoms with Crippen LogP contribution in [0.2, 0.25) is 0 Å². The van der Waals surface area contributed by atoms with Gasteiger partial charge in [-0.3, -0.25) is 0 Å². The number of methoxy groups -OCH3 is 1. The molecule has 0 atom stereocenters. The fraction of sp³-hybridized carbons (Fsp3) is 0.182. The standard InChI is InChI=1S/C11H13NO3/c1-4-7-5-8(11(13)14)10(15-3)6-9(7)12-2/h4-6,12H,1H2,2-3H3,(H,13,14). The summed E-state index contributed by atoms with van der Waals surface area (Å²) in [5, 5.41) is 11.9. The number of hydrogen-bond acceptors (Lipinski definition) is 3. The molecule has 0 spiro atoms. The average molecular weight is 207 g/mol. The first kappa shape index (κ1) is 11.1. The van der Waals surface area contributed by atoms with Crippen molar-refractivity contribution < 1.29 is 14.6 Å². The second kappa shape index (κ2) is 4.50. The molecule has 2 N–H and O–H groups in total. The van der Waals surface area contributed by atoms with Crippen LogP contribution in [0.3, 0.4) is 0 Å². The second-order valence-corrected chi connectivity index (χ2v) is 2.90.